The van der Waals surface area contributed by atoms with Crippen LogP contribution in [0.3, 0.4) is 0 Å². The van der Waals surface area contributed by atoms with Crippen molar-refractivity contribution in [2.24, 2.45) is 0 Å². The minimum absolute atomic E-state index is 0.00478. The molecule has 3 aliphatic carbocycles. The SMILES string of the molecule is c1ccc(-c2cccc([Si](c3ccccc3)(c3cccc(-c4ccccc4)c3)c3cccc4c3C3c5ccccc5C4c4cccc(-c5ccc6c(c5)c5ccccc5n6-c5ccccc5)c43)c2)cc1. The molecular formula is C68H47NSi. The second kappa shape index (κ2) is 16.3. The van der Waals surface area contributed by atoms with Crippen LogP contribution in [0.5, 0.6) is 0 Å². The van der Waals surface area contributed by atoms with E-state index in [2.05, 4.69) is 278 Å². The average molecular weight is 906 g/mol. The van der Waals surface area contributed by atoms with Crippen LogP contribution >= 0.6 is 0 Å². The van der Waals surface area contributed by atoms with E-state index in [4.69, 9.17) is 0 Å². The molecule has 2 atom stereocenters. The van der Waals surface area contributed by atoms with Crippen LogP contribution < -0.4 is 20.7 Å². The number of para-hydroxylation sites is 2. The van der Waals surface area contributed by atoms with Gasteiger partial charge in [0.2, 0.25) is 0 Å². The third-order valence-electron chi connectivity index (χ3n) is 15.5. The number of nitrogens with zero attached hydrogens (tertiary/aromatic N) is 1. The molecule has 0 amide bonds. The third-order valence-corrected chi connectivity index (χ3v) is 20.3. The minimum atomic E-state index is -3.18. The largest absolute Gasteiger partial charge is 0.309 e. The van der Waals surface area contributed by atoms with E-state index >= 15 is 0 Å². The zero-order chi connectivity index (χ0) is 46.2. The van der Waals surface area contributed by atoms with Gasteiger partial charge < -0.3 is 4.57 Å². The lowest BCUT2D eigenvalue weighted by molar-refractivity contribution is 0.760. The molecule has 0 fully saturated rings. The molecule has 2 unspecified atom stereocenters. The Hall–Kier alpha value is -8.56. The summed E-state index contributed by atoms with van der Waals surface area (Å²) < 4.78 is 2.42. The van der Waals surface area contributed by atoms with Gasteiger partial charge in [-0.1, -0.05) is 243 Å². The molecule has 0 radical (unpaired) electrons. The van der Waals surface area contributed by atoms with Gasteiger partial charge in [0.1, 0.15) is 0 Å². The maximum atomic E-state index is 2.53. The summed E-state index contributed by atoms with van der Waals surface area (Å²) in [6, 6.07) is 103. The van der Waals surface area contributed by atoms with Crippen molar-refractivity contribution in [3.63, 3.8) is 0 Å². The predicted octanol–water partition coefficient (Wildman–Crippen LogP) is 14.1. The first-order valence-electron chi connectivity index (χ1n) is 24.6. The standard InChI is InChI=1S/C68H47NSi/c1-5-21-46(22-6-1)48-25-17-31-53(43-48)70(52-29-11-4-12-30-52,54-32-18-26-49(44-54)47-23-7-2-8-24-47)64-40-20-38-60-65-57-34-13-14-35-58(57)68(67(60)64)66-55(36-19-37-59(65)66)50-41-42-63-61(45-50)56-33-15-16-39-62(56)69(63)51-27-9-3-10-28-51/h1-45,65,68H. The molecule has 0 aliphatic heterocycles. The van der Waals surface area contributed by atoms with E-state index in [0.29, 0.717) is 0 Å². The van der Waals surface area contributed by atoms with Crippen LogP contribution in [0.15, 0.2) is 273 Å². The highest BCUT2D eigenvalue weighted by Gasteiger charge is 2.50. The molecular weight excluding hydrogens is 859 g/mol. The molecule has 1 heterocycles. The molecule has 12 aromatic rings. The molecule has 70 heavy (non-hydrogen) atoms. The second-order valence-corrected chi connectivity index (χ2v) is 22.8. The van der Waals surface area contributed by atoms with Gasteiger partial charge in [-0.15, -0.1) is 0 Å². The van der Waals surface area contributed by atoms with Crippen molar-refractivity contribution in [3.8, 4) is 39.1 Å². The first-order valence-corrected chi connectivity index (χ1v) is 26.6. The van der Waals surface area contributed by atoms with Gasteiger partial charge >= 0.3 is 0 Å². The molecule has 1 aromatic heterocycles. The van der Waals surface area contributed by atoms with E-state index in [-0.39, 0.29) is 11.8 Å². The number of hydrogen-bond acceptors (Lipinski definition) is 0. The van der Waals surface area contributed by atoms with Gasteiger partial charge in [-0.25, -0.2) is 0 Å². The Kier molecular flexibility index (Phi) is 9.43. The highest BCUT2D eigenvalue weighted by Crippen LogP contribution is 2.57. The molecule has 3 aliphatic rings. The lowest BCUT2D eigenvalue weighted by Crippen LogP contribution is -2.75. The normalized spacial score (nSPS) is 14.6. The van der Waals surface area contributed by atoms with Crippen LogP contribution in [-0.4, -0.2) is 12.6 Å². The highest BCUT2D eigenvalue weighted by molar-refractivity contribution is 7.20. The second-order valence-electron chi connectivity index (χ2n) is 19.0. The monoisotopic (exact) mass is 905 g/mol. The van der Waals surface area contributed by atoms with Gasteiger partial charge in [-0.05, 0) is 118 Å². The van der Waals surface area contributed by atoms with Crippen LogP contribution in [0.4, 0.5) is 0 Å². The van der Waals surface area contributed by atoms with Crippen molar-refractivity contribution in [2.75, 3.05) is 0 Å². The first kappa shape index (κ1) is 40.5. The van der Waals surface area contributed by atoms with Crippen molar-refractivity contribution in [2.45, 2.75) is 11.8 Å². The minimum Gasteiger partial charge on any atom is -0.309 e. The van der Waals surface area contributed by atoms with Gasteiger partial charge in [0.25, 0.3) is 0 Å². The summed E-state index contributed by atoms with van der Waals surface area (Å²) in [5.74, 6) is 0.0914. The van der Waals surface area contributed by atoms with E-state index in [1.807, 2.05) is 0 Å². The van der Waals surface area contributed by atoms with Crippen molar-refractivity contribution >= 4 is 50.6 Å². The van der Waals surface area contributed by atoms with Crippen molar-refractivity contribution in [3.05, 3.63) is 306 Å². The molecule has 0 N–H and O–H groups in total. The summed E-state index contributed by atoms with van der Waals surface area (Å²) in [6.07, 6.45) is 0. The fourth-order valence-corrected chi connectivity index (χ4v) is 17.8. The Balaban J connectivity index is 1.06. The topological polar surface area (TPSA) is 4.93 Å². The Labute approximate surface area is 410 Å². The lowest BCUT2D eigenvalue weighted by Gasteiger charge is -2.47. The summed E-state index contributed by atoms with van der Waals surface area (Å²) in [6.45, 7) is 0. The molecule has 2 heteroatoms. The average Bonchev–Trinajstić information content (AvgIpc) is 3.78. The van der Waals surface area contributed by atoms with Gasteiger partial charge in [0.05, 0.1) is 11.0 Å². The molecule has 0 saturated heterocycles. The summed E-state index contributed by atoms with van der Waals surface area (Å²) in [4.78, 5) is 0. The molecule has 0 spiro atoms. The molecule has 15 rings (SSSR count). The zero-order valence-electron chi connectivity index (χ0n) is 38.6. The summed E-state index contributed by atoms with van der Waals surface area (Å²) >= 11 is 0. The Morgan fingerprint density at radius 1 is 0.286 bits per heavy atom. The molecule has 11 aromatic carbocycles. The van der Waals surface area contributed by atoms with E-state index in [9.17, 15) is 0 Å². The lowest BCUT2D eigenvalue weighted by atomic mass is 9.60. The van der Waals surface area contributed by atoms with Crippen LogP contribution in [0.25, 0.3) is 60.9 Å². The van der Waals surface area contributed by atoms with Gasteiger partial charge in [0, 0.05) is 28.3 Å². The van der Waals surface area contributed by atoms with Gasteiger partial charge in [0.15, 0.2) is 8.07 Å². The van der Waals surface area contributed by atoms with E-state index < -0.39 is 8.07 Å². The number of benzene rings is 11. The van der Waals surface area contributed by atoms with Crippen molar-refractivity contribution in [1.29, 1.82) is 0 Å². The van der Waals surface area contributed by atoms with E-state index in [1.54, 1.807) is 0 Å². The van der Waals surface area contributed by atoms with Crippen LogP contribution in [-0.2, 0) is 0 Å². The Bertz CT molecular complexity index is 3860. The van der Waals surface area contributed by atoms with E-state index in [0.717, 1.165) is 0 Å². The molecule has 328 valence electrons. The third kappa shape index (κ3) is 6.10. The van der Waals surface area contributed by atoms with Crippen molar-refractivity contribution < 1.29 is 0 Å². The van der Waals surface area contributed by atoms with Crippen LogP contribution in [0.2, 0.25) is 0 Å². The fourth-order valence-electron chi connectivity index (χ4n) is 12.7. The zero-order valence-corrected chi connectivity index (χ0v) is 39.6. The number of hydrogen-bond donors (Lipinski definition) is 0. The summed E-state index contributed by atoms with van der Waals surface area (Å²) in [7, 11) is -3.18. The Morgan fingerprint density at radius 2 is 0.771 bits per heavy atom. The van der Waals surface area contributed by atoms with Crippen molar-refractivity contribution in [1.82, 2.24) is 4.57 Å². The van der Waals surface area contributed by atoms with E-state index in [1.165, 1.54) is 115 Å². The smallest absolute Gasteiger partial charge is 0.179 e. The molecule has 1 nitrogen and oxygen atoms in total. The maximum absolute atomic E-state index is 3.18. The fraction of sp³-hybridized carbons (Fsp3) is 0.0294. The molecule has 2 bridgehead atoms. The predicted molar refractivity (Wildman–Crippen MR) is 295 cm³/mol. The Morgan fingerprint density at radius 3 is 1.44 bits per heavy atom. The van der Waals surface area contributed by atoms with Crippen LogP contribution in [0.1, 0.15) is 45.2 Å². The summed E-state index contributed by atoms with van der Waals surface area (Å²) in [5, 5.41) is 8.12. The first-order chi connectivity index (χ1) is 34.8. The number of rotatable bonds is 8. The van der Waals surface area contributed by atoms with Gasteiger partial charge in [-0.2, -0.15) is 0 Å². The maximum Gasteiger partial charge on any atom is 0.179 e. The quantitative estimate of drug-likeness (QED) is 0.106. The number of fused-ring (bicyclic) bond motifs is 3. The van der Waals surface area contributed by atoms with Crippen LogP contribution in [0, 0.1) is 0 Å². The highest BCUT2D eigenvalue weighted by atomic mass is 28.3. The summed E-state index contributed by atoms with van der Waals surface area (Å²) in [5.41, 5.74) is 19.7. The van der Waals surface area contributed by atoms with Gasteiger partial charge in [-0.3, -0.25) is 0 Å². The number of aromatic nitrogens is 1. The molecule has 0 saturated carbocycles.